The summed E-state index contributed by atoms with van der Waals surface area (Å²) in [6.07, 6.45) is 0. The van der Waals surface area contributed by atoms with Crippen LogP contribution in [0.2, 0.25) is 0 Å². The molecule has 2 rings (SSSR count). The van der Waals surface area contributed by atoms with E-state index in [1.165, 1.54) is 6.07 Å². The van der Waals surface area contributed by atoms with Crippen molar-refractivity contribution in [3.8, 4) is 0 Å². The monoisotopic (exact) mass is 371 g/mol. The van der Waals surface area contributed by atoms with E-state index in [4.69, 9.17) is 4.74 Å². The van der Waals surface area contributed by atoms with Gasteiger partial charge in [0.1, 0.15) is 5.69 Å². The molecule has 144 valence electrons. The number of para-hydroxylation sites is 1. The molecule has 0 spiro atoms. The summed E-state index contributed by atoms with van der Waals surface area (Å²) >= 11 is 0. The van der Waals surface area contributed by atoms with Crippen molar-refractivity contribution in [2.45, 2.75) is 26.2 Å². The van der Waals surface area contributed by atoms with Crippen LogP contribution in [-0.2, 0) is 10.2 Å². The fourth-order valence-electron chi connectivity index (χ4n) is 2.70. The molecular formula is C20H25N3O4. The lowest BCUT2D eigenvalue weighted by Crippen LogP contribution is -2.19. The van der Waals surface area contributed by atoms with E-state index >= 15 is 0 Å². The highest BCUT2D eigenvalue weighted by atomic mass is 16.6. The van der Waals surface area contributed by atoms with Gasteiger partial charge in [0, 0.05) is 31.0 Å². The van der Waals surface area contributed by atoms with Gasteiger partial charge in [-0.25, -0.2) is 0 Å². The number of hydrogen-bond donors (Lipinski definition) is 2. The van der Waals surface area contributed by atoms with Crippen LogP contribution in [0.3, 0.4) is 0 Å². The lowest BCUT2D eigenvalue weighted by molar-refractivity contribution is -0.384. The van der Waals surface area contributed by atoms with Gasteiger partial charge in [0.25, 0.3) is 11.6 Å². The molecule has 0 bridgehead atoms. The number of benzene rings is 2. The molecule has 2 N–H and O–H groups in total. The van der Waals surface area contributed by atoms with Crippen LogP contribution in [0, 0.1) is 10.1 Å². The van der Waals surface area contributed by atoms with Crippen LogP contribution >= 0.6 is 0 Å². The molecule has 7 heteroatoms. The third kappa shape index (κ3) is 5.27. The number of anilines is 2. The molecule has 0 unspecified atom stereocenters. The standard InChI is InChI=1S/C20H25N3O4/c1-20(2,3)15-7-5-6-8-16(15)22-19(24)14-9-10-17(21-11-12-27-4)18(13-14)23(25)26/h5-10,13,21H,11-12H2,1-4H3,(H,22,24). The minimum atomic E-state index is -0.505. The zero-order chi connectivity index (χ0) is 20.0. The fourth-order valence-corrected chi connectivity index (χ4v) is 2.70. The Morgan fingerprint density at radius 3 is 2.48 bits per heavy atom. The third-order valence-corrected chi connectivity index (χ3v) is 4.06. The van der Waals surface area contributed by atoms with Gasteiger partial charge >= 0.3 is 0 Å². The number of carbonyl (C=O) groups excluding carboxylic acids is 1. The van der Waals surface area contributed by atoms with Crippen molar-refractivity contribution in [2.75, 3.05) is 30.9 Å². The Hall–Kier alpha value is -2.93. The number of ether oxygens (including phenoxy) is 1. The van der Waals surface area contributed by atoms with Crippen molar-refractivity contribution in [1.82, 2.24) is 0 Å². The predicted molar refractivity (Wildman–Crippen MR) is 107 cm³/mol. The Balaban J connectivity index is 2.27. The predicted octanol–water partition coefficient (Wildman–Crippen LogP) is 4.20. The minimum absolute atomic E-state index is 0.148. The van der Waals surface area contributed by atoms with Gasteiger partial charge in [0.2, 0.25) is 0 Å². The Morgan fingerprint density at radius 2 is 1.85 bits per heavy atom. The van der Waals surface area contributed by atoms with E-state index < -0.39 is 10.8 Å². The van der Waals surface area contributed by atoms with Crippen LogP contribution in [0.4, 0.5) is 17.1 Å². The van der Waals surface area contributed by atoms with Crippen LogP contribution in [0.25, 0.3) is 0 Å². The summed E-state index contributed by atoms with van der Waals surface area (Å²) in [5.41, 5.74) is 1.96. The molecule has 7 nitrogen and oxygen atoms in total. The Kier molecular flexibility index (Phi) is 6.52. The first kappa shape index (κ1) is 20.4. The molecule has 27 heavy (non-hydrogen) atoms. The minimum Gasteiger partial charge on any atom is -0.383 e. The second-order valence-corrected chi connectivity index (χ2v) is 7.16. The third-order valence-electron chi connectivity index (χ3n) is 4.06. The van der Waals surface area contributed by atoms with E-state index in [0.29, 0.717) is 24.5 Å². The fraction of sp³-hybridized carbons (Fsp3) is 0.350. The lowest BCUT2D eigenvalue weighted by atomic mass is 9.86. The quantitative estimate of drug-likeness (QED) is 0.432. The highest BCUT2D eigenvalue weighted by Crippen LogP contribution is 2.30. The second kappa shape index (κ2) is 8.64. The van der Waals surface area contributed by atoms with E-state index in [9.17, 15) is 14.9 Å². The van der Waals surface area contributed by atoms with Crippen LogP contribution in [0.1, 0.15) is 36.7 Å². The topological polar surface area (TPSA) is 93.5 Å². The van der Waals surface area contributed by atoms with Gasteiger partial charge in [0.15, 0.2) is 0 Å². The van der Waals surface area contributed by atoms with Crippen molar-refractivity contribution >= 4 is 23.0 Å². The zero-order valence-electron chi connectivity index (χ0n) is 16.0. The highest BCUT2D eigenvalue weighted by molar-refractivity contribution is 6.05. The maximum absolute atomic E-state index is 12.7. The molecule has 0 aliphatic heterocycles. The molecule has 0 aromatic heterocycles. The van der Waals surface area contributed by atoms with Gasteiger partial charge in [-0.2, -0.15) is 0 Å². The largest absolute Gasteiger partial charge is 0.383 e. The summed E-state index contributed by atoms with van der Waals surface area (Å²) in [6, 6.07) is 11.9. The highest BCUT2D eigenvalue weighted by Gasteiger charge is 2.21. The van der Waals surface area contributed by atoms with Crippen molar-refractivity contribution < 1.29 is 14.5 Å². The van der Waals surface area contributed by atoms with Gasteiger partial charge in [-0.05, 0) is 29.2 Å². The molecule has 0 aliphatic carbocycles. The molecule has 2 aromatic rings. The number of methoxy groups -OCH3 is 1. The van der Waals surface area contributed by atoms with E-state index in [-0.39, 0.29) is 16.7 Å². The molecule has 1 amide bonds. The lowest BCUT2D eigenvalue weighted by Gasteiger charge is -2.23. The zero-order valence-corrected chi connectivity index (χ0v) is 16.0. The number of amides is 1. The van der Waals surface area contributed by atoms with E-state index in [1.807, 2.05) is 24.3 Å². The average molecular weight is 371 g/mol. The smallest absolute Gasteiger partial charge is 0.293 e. The number of nitrogens with one attached hydrogen (secondary N) is 2. The van der Waals surface area contributed by atoms with Crippen LogP contribution in [0.15, 0.2) is 42.5 Å². The molecule has 2 aromatic carbocycles. The summed E-state index contributed by atoms with van der Waals surface area (Å²) in [7, 11) is 1.55. The molecular weight excluding hydrogens is 346 g/mol. The number of nitro benzene ring substituents is 1. The van der Waals surface area contributed by atoms with Crippen LogP contribution in [0.5, 0.6) is 0 Å². The molecule has 0 saturated heterocycles. The Bertz CT molecular complexity index is 828. The van der Waals surface area contributed by atoms with Gasteiger partial charge < -0.3 is 15.4 Å². The van der Waals surface area contributed by atoms with Crippen molar-refractivity contribution in [3.63, 3.8) is 0 Å². The van der Waals surface area contributed by atoms with E-state index in [2.05, 4.69) is 31.4 Å². The average Bonchev–Trinajstić information content (AvgIpc) is 2.61. The number of nitro groups is 1. The second-order valence-electron chi connectivity index (χ2n) is 7.16. The number of carbonyl (C=O) groups is 1. The van der Waals surface area contributed by atoms with Gasteiger partial charge in [-0.15, -0.1) is 0 Å². The summed E-state index contributed by atoms with van der Waals surface area (Å²) in [5, 5.41) is 17.2. The van der Waals surface area contributed by atoms with Crippen molar-refractivity contribution in [3.05, 3.63) is 63.7 Å². The van der Waals surface area contributed by atoms with E-state index in [0.717, 1.165) is 5.56 Å². The maximum Gasteiger partial charge on any atom is 0.293 e. The molecule has 0 aliphatic rings. The first-order valence-corrected chi connectivity index (χ1v) is 8.66. The Morgan fingerprint density at radius 1 is 1.15 bits per heavy atom. The van der Waals surface area contributed by atoms with Gasteiger partial charge in [-0.1, -0.05) is 39.0 Å². The number of rotatable bonds is 7. The molecule has 0 atom stereocenters. The van der Waals surface area contributed by atoms with E-state index in [1.54, 1.807) is 19.2 Å². The molecule has 0 radical (unpaired) electrons. The first-order valence-electron chi connectivity index (χ1n) is 8.66. The number of nitrogens with zero attached hydrogens (tertiary/aromatic N) is 1. The summed E-state index contributed by atoms with van der Waals surface area (Å²) in [5.74, 6) is -0.391. The van der Waals surface area contributed by atoms with Crippen molar-refractivity contribution in [2.24, 2.45) is 0 Å². The molecule has 0 heterocycles. The SMILES string of the molecule is COCCNc1ccc(C(=O)Nc2ccccc2C(C)(C)C)cc1[N+](=O)[O-]. The molecule has 0 fully saturated rings. The first-order chi connectivity index (χ1) is 12.7. The maximum atomic E-state index is 12.7. The number of hydrogen-bond acceptors (Lipinski definition) is 5. The summed E-state index contributed by atoms with van der Waals surface area (Å²) in [6.45, 7) is 7.03. The Labute approximate surface area is 158 Å². The van der Waals surface area contributed by atoms with Crippen LogP contribution in [-0.4, -0.2) is 31.1 Å². The normalized spacial score (nSPS) is 11.1. The van der Waals surface area contributed by atoms with Gasteiger partial charge in [0.05, 0.1) is 11.5 Å². The summed E-state index contributed by atoms with van der Waals surface area (Å²) in [4.78, 5) is 23.5. The summed E-state index contributed by atoms with van der Waals surface area (Å²) < 4.78 is 4.93. The van der Waals surface area contributed by atoms with Crippen LogP contribution < -0.4 is 10.6 Å². The van der Waals surface area contributed by atoms with Crippen molar-refractivity contribution in [1.29, 1.82) is 0 Å². The molecule has 0 saturated carbocycles. The van der Waals surface area contributed by atoms with Gasteiger partial charge in [-0.3, -0.25) is 14.9 Å².